The van der Waals surface area contributed by atoms with Gasteiger partial charge in [-0.15, -0.1) is 0 Å². The molecule has 2 heterocycles. The molecule has 0 bridgehead atoms. The summed E-state index contributed by atoms with van der Waals surface area (Å²) >= 11 is 0. The summed E-state index contributed by atoms with van der Waals surface area (Å²) in [5.74, 6) is 1.64. The van der Waals surface area contributed by atoms with Crippen molar-refractivity contribution in [3.05, 3.63) is 90.5 Å². The molecule has 1 fully saturated rings. The van der Waals surface area contributed by atoms with Gasteiger partial charge in [0, 0.05) is 23.5 Å². The highest BCUT2D eigenvalue weighted by molar-refractivity contribution is 6.03. The molecule has 0 radical (unpaired) electrons. The van der Waals surface area contributed by atoms with Crippen LogP contribution in [0.5, 0.6) is 11.5 Å². The number of urea groups is 1. The third-order valence-electron chi connectivity index (χ3n) is 6.65. The predicted octanol–water partition coefficient (Wildman–Crippen LogP) is 5.40. The Morgan fingerprint density at radius 1 is 0.895 bits per heavy atom. The molecule has 196 valence electrons. The van der Waals surface area contributed by atoms with Gasteiger partial charge in [-0.1, -0.05) is 42.8 Å². The number of carbonyl (C=O) groups is 1. The number of rotatable bonds is 10. The fourth-order valence-corrected chi connectivity index (χ4v) is 4.58. The second-order valence-corrected chi connectivity index (χ2v) is 9.35. The first-order chi connectivity index (χ1) is 18.7. The van der Waals surface area contributed by atoms with Crippen LogP contribution in [-0.4, -0.2) is 47.1 Å². The van der Waals surface area contributed by atoms with Gasteiger partial charge < -0.3 is 20.1 Å². The Kier molecular flexibility index (Phi) is 8.63. The largest absolute Gasteiger partial charge is 0.492 e. The summed E-state index contributed by atoms with van der Waals surface area (Å²) in [4.78, 5) is 23.0. The number of piperidine rings is 1. The van der Waals surface area contributed by atoms with E-state index in [9.17, 15) is 4.79 Å². The lowest BCUT2D eigenvalue weighted by Gasteiger charge is -2.26. The Balaban J connectivity index is 1.15. The van der Waals surface area contributed by atoms with Gasteiger partial charge in [0.05, 0.1) is 17.9 Å². The maximum atomic E-state index is 12.5. The van der Waals surface area contributed by atoms with Crippen LogP contribution in [0, 0.1) is 0 Å². The zero-order valence-electron chi connectivity index (χ0n) is 21.4. The van der Waals surface area contributed by atoms with Crippen LogP contribution in [-0.2, 0) is 13.2 Å². The number of ether oxygens (including phenoxy) is 2. The Hall–Kier alpha value is -4.17. The first-order valence-electron chi connectivity index (χ1n) is 13.1. The highest BCUT2D eigenvalue weighted by Crippen LogP contribution is 2.32. The minimum absolute atomic E-state index is 0.305. The Labute approximate surface area is 223 Å². The van der Waals surface area contributed by atoms with E-state index in [1.54, 1.807) is 12.3 Å². The lowest BCUT2D eigenvalue weighted by atomic mass is 10.1. The van der Waals surface area contributed by atoms with E-state index < -0.39 is 0 Å². The molecule has 38 heavy (non-hydrogen) atoms. The van der Waals surface area contributed by atoms with Crippen molar-refractivity contribution in [3.63, 3.8) is 0 Å². The minimum atomic E-state index is -0.305. The van der Waals surface area contributed by atoms with Gasteiger partial charge in [0.15, 0.2) is 0 Å². The van der Waals surface area contributed by atoms with Gasteiger partial charge in [0.25, 0.3) is 0 Å². The molecule has 8 heteroatoms. The molecular formula is C30H33N5O3. The van der Waals surface area contributed by atoms with Gasteiger partial charge in [-0.25, -0.2) is 14.8 Å². The van der Waals surface area contributed by atoms with Crippen LogP contribution in [0.15, 0.2) is 79.3 Å². The van der Waals surface area contributed by atoms with Crippen molar-refractivity contribution in [3.8, 4) is 11.5 Å². The Morgan fingerprint density at radius 3 is 2.50 bits per heavy atom. The fraction of sp³-hybridized carbons (Fsp3) is 0.300. The average molecular weight is 512 g/mol. The van der Waals surface area contributed by atoms with Gasteiger partial charge in [-0.3, -0.25) is 4.90 Å². The van der Waals surface area contributed by atoms with Crippen LogP contribution >= 0.6 is 0 Å². The second kappa shape index (κ2) is 12.9. The Bertz CT molecular complexity index is 1330. The van der Waals surface area contributed by atoms with Crippen LogP contribution < -0.4 is 20.1 Å². The van der Waals surface area contributed by atoms with E-state index in [0.717, 1.165) is 40.1 Å². The quantitative estimate of drug-likeness (QED) is 0.297. The maximum absolute atomic E-state index is 12.5. The molecule has 0 saturated carbocycles. The standard InChI is InChI=1S/C30H33N5O3/c36-30(32-20-24-14-15-31-22-33-24)34-28-12-13-29(27-7-3-2-6-26(27)28)38-21-23-8-10-25(11-9-23)37-19-18-35-16-4-1-5-17-35/h2-3,6-15,22H,1,4-5,16-21H2,(H2,32,34,36). The van der Waals surface area contributed by atoms with Gasteiger partial charge in [0.1, 0.15) is 31.0 Å². The molecule has 8 nitrogen and oxygen atoms in total. The second-order valence-electron chi connectivity index (χ2n) is 9.35. The van der Waals surface area contributed by atoms with E-state index >= 15 is 0 Å². The molecule has 0 aliphatic carbocycles. The minimum Gasteiger partial charge on any atom is -0.492 e. The normalized spacial score (nSPS) is 13.7. The number of nitrogens with zero attached hydrogens (tertiary/aromatic N) is 3. The number of hydrogen-bond acceptors (Lipinski definition) is 6. The number of aromatic nitrogens is 2. The molecule has 2 N–H and O–H groups in total. The van der Waals surface area contributed by atoms with Crippen molar-refractivity contribution in [2.24, 2.45) is 0 Å². The Morgan fingerprint density at radius 2 is 1.71 bits per heavy atom. The van der Waals surface area contributed by atoms with Gasteiger partial charge in [-0.2, -0.15) is 0 Å². The molecule has 0 atom stereocenters. The molecule has 1 saturated heterocycles. The number of likely N-dealkylation sites (tertiary alicyclic amines) is 1. The first-order valence-corrected chi connectivity index (χ1v) is 13.1. The molecular weight excluding hydrogens is 478 g/mol. The topological polar surface area (TPSA) is 88.6 Å². The van der Waals surface area contributed by atoms with Crippen molar-refractivity contribution in [2.75, 3.05) is 31.6 Å². The monoisotopic (exact) mass is 511 g/mol. The smallest absolute Gasteiger partial charge is 0.319 e. The van der Waals surface area contributed by atoms with Crippen molar-refractivity contribution in [1.29, 1.82) is 0 Å². The van der Waals surface area contributed by atoms with Crippen LogP contribution in [0.4, 0.5) is 10.5 Å². The molecule has 3 aromatic carbocycles. The molecule has 5 rings (SSSR count). The lowest BCUT2D eigenvalue weighted by Crippen LogP contribution is -2.33. The summed E-state index contributed by atoms with van der Waals surface area (Å²) in [7, 11) is 0. The number of anilines is 1. The number of carbonyl (C=O) groups excluding carboxylic acids is 1. The highest BCUT2D eigenvalue weighted by Gasteiger charge is 2.11. The van der Waals surface area contributed by atoms with Crippen molar-refractivity contribution in [2.45, 2.75) is 32.4 Å². The highest BCUT2D eigenvalue weighted by atomic mass is 16.5. The van der Waals surface area contributed by atoms with Gasteiger partial charge in [0.2, 0.25) is 0 Å². The van der Waals surface area contributed by atoms with Crippen LogP contribution in [0.2, 0.25) is 0 Å². The first kappa shape index (κ1) is 25.5. The molecule has 1 aliphatic rings. The fourth-order valence-electron chi connectivity index (χ4n) is 4.58. The molecule has 1 aliphatic heterocycles. The van der Waals surface area contributed by atoms with Crippen LogP contribution in [0.3, 0.4) is 0 Å². The van der Waals surface area contributed by atoms with Crippen LogP contribution in [0.25, 0.3) is 10.8 Å². The third kappa shape index (κ3) is 6.98. The lowest BCUT2D eigenvalue weighted by molar-refractivity contribution is 0.183. The summed E-state index contributed by atoms with van der Waals surface area (Å²) in [6.45, 7) is 4.80. The molecule has 4 aromatic rings. The number of amides is 2. The zero-order chi connectivity index (χ0) is 26.0. The van der Waals surface area contributed by atoms with Crippen molar-refractivity contribution in [1.82, 2.24) is 20.2 Å². The predicted molar refractivity (Wildman–Crippen MR) is 148 cm³/mol. The number of fused-ring (bicyclic) bond motifs is 1. The maximum Gasteiger partial charge on any atom is 0.319 e. The van der Waals surface area contributed by atoms with Gasteiger partial charge in [-0.05, 0) is 61.8 Å². The van der Waals surface area contributed by atoms with Crippen molar-refractivity contribution < 1.29 is 14.3 Å². The average Bonchev–Trinajstić information content (AvgIpc) is 2.97. The van der Waals surface area contributed by atoms with E-state index in [1.165, 1.54) is 38.7 Å². The van der Waals surface area contributed by atoms with Gasteiger partial charge >= 0.3 is 6.03 Å². The summed E-state index contributed by atoms with van der Waals surface area (Å²) in [6, 6.07) is 21.2. The third-order valence-corrected chi connectivity index (χ3v) is 6.65. The summed E-state index contributed by atoms with van der Waals surface area (Å²) in [5, 5.41) is 7.59. The van der Waals surface area contributed by atoms with Crippen molar-refractivity contribution >= 4 is 22.5 Å². The summed E-state index contributed by atoms with van der Waals surface area (Å²) in [6.07, 6.45) is 7.04. The SMILES string of the molecule is O=C(NCc1ccncn1)Nc1ccc(OCc2ccc(OCCN3CCCCC3)cc2)c2ccccc12. The summed E-state index contributed by atoms with van der Waals surface area (Å²) in [5.41, 5.74) is 2.50. The molecule has 1 aromatic heterocycles. The van der Waals surface area contributed by atoms with E-state index in [4.69, 9.17) is 9.47 Å². The molecule has 0 spiro atoms. The van der Waals surface area contributed by atoms with E-state index in [-0.39, 0.29) is 6.03 Å². The van der Waals surface area contributed by atoms with E-state index in [2.05, 4.69) is 25.5 Å². The molecule has 2 amide bonds. The number of hydrogen-bond donors (Lipinski definition) is 2. The molecule has 0 unspecified atom stereocenters. The number of benzene rings is 3. The zero-order valence-corrected chi connectivity index (χ0v) is 21.4. The summed E-state index contributed by atoms with van der Waals surface area (Å²) < 4.78 is 12.1. The number of nitrogens with one attached hydrogen (secondary N) is 2. The van der Waals surface area contributed by atoms with E-state index in [1.807, 2.05) is 60.7 Å². The van der Waals surface area contributed by atoms with E-state index in [0.29, 0.717) is 25.4 Å². The van der Waals surface area contributed by atoms with Crippen LogP contribution in [0.1, 0.15) is 30.5 Å².